The van der Waals surface area contributed by atoms with Crippen molar-refractivity contribution in [3.8, 4) is 11.6 Å². The number of anilines is 1. The SMILES string of the molecule is Cc1c(F)cc(C(=O)N(C)c2ccc(Oc3ccc4c(cc(C(=O)N5CCN(Cc6ccc(C(C)C)cc6)CC5)n4C)c3C)nc2)c(F)c1F. The van der Waals surface area contributed by atoms with Gasteiger partial charge in [0.05, 0.1) is 17.4 Å². The van der Waals surface area contributed by atoms with Crippen LogP contribution in [-0.4, -0.2) is 64.4 Å². The van der Waals surface area contributed by atoms with Gasteiger partial charge >= 0.3 is 0 Å². The Morgan fingerprint density at radius 2 is 1.60 bits per heavy atom. The monoisotopic (exact) mass is 683 g/mol. The van der Waals surface area contributed by atoms with Gasteiger partial charge in [0.2, 0.25) is 5.88 Å². The van der Waals surface area contributed by atoms with Crippen molar-refractivity contribution < 1.29 is 27.5 Å². The third-order valence-electron chi connectivity index (χ3n) is 9.62. The molecule has 6 rings (SSSR count). The number of aryl methyl sites for hydroxylation is 2. The van der Waals surface area contributed by atoms with E-state index in [9.17, 15) is 22.8 Å². The molecule has 1 fully saturated rings. The Morgan fingerprint density at radius 3 is 2.24 bits per heavy atom. The molecule has 260 valence electrons. The molecule has 0 unspecified atom stereocenters. The molecular formula is C39H40F3N5O3. The summed E-state index contributed by atoms with van der Waals surface area (Å²) in [5.41, 5.74) is 3.96. The minimum absolute atomic E-state index is 0.0153. The molecule has 0 spiro atoms. The van der Waals surface area contributed by atoms with E-state index in [1.807, 2.05) is 41.6 Å². The number of hydrogen-bond acceptors (Lipinski definition) is 5. The Balaban J connectivity index is 1.11. The maximum absolute atomic E-state index is 14.4. The van der Waals surface area contributed by atoms with Crippen LogP contribution in [0.1, 0.15) is 62.9 Å². The summed E-state index contributed by atoms with van der Waals surface area (Å²) in [6.07, 6.45) is 1.35. The van der Waals surface area contributed by atoms with Gasteiger partial charge in [-0.15, -0.1) is 0 Å². The molecule has 3 aromatic carbocycles. The minimum atomic E-state index is -1.41. The van der Waals surface area contributed by atoms with Crippen LogP contribution in [0.5, 0.6) is 11.6 Å². The Kier molecular flexibility index (Phi) is 9.71. The van der Waals surface area contributed by atoms with E-state index in [-0.39, 0.29) is 17.5 Å². The van der Waals surface area contributed by atoms with Crippen LogP contribution in [0.25, 0.3) is 10.9 Å². The summed E-state index contributed by atoms with van der Waals surface area (Å²) in [6, 6.07) is 18.1. The highest BCUT2D eigenvalue weighted by Crippen LogP contribution is 2.33. The van der Waals surface area contributed by atoms with Gasteiger partial charge in [-0.05, 0) is 61.2 Å². The Morgan fingerprint density at radius 1 is 0.900 bits per heavy atom. The van der Waals surface area contributed by atoms with Gasteiger partial charge in [0.1, 0.15) is 17.3 Å². The number of carbonyl (C=O) groups excluding carboxylic acids is 2. The van der Waals surface area contributed by atoms with E-state index in [4.69, 9.17) is 4.74 Å². The predicted octanol–water partition coefficient (Wildman–Crippen LogP) is 7.76. The fraction of sp³-hybridized carbons (Fsp3) is 0.308. The molecule has 5 aromatic rings. The third kappa shape index (κ3) is 6.69. The van der Waals surface area contributed by atoms with E-state index in [0.717, 1.165) is 47.9 Å². The molecule has 2 aromatic heterocycles. The van der Waals surface area contributed by atoms with Gasteiger partial charge in [-0.2, -0.15) is 0 Å². The van der Waals surface area contributed by atoms with Gasteiger partial charge in [0.25, 0.3) is 11.8 Å². The summed E-state index contributed by atoms with van der Waals surface area (Å²) in [4.78, 5) is 36.2. The van der Waals surface area contributed by atoms with Crippen LogP contribution in [0, 0.1) is 31.3 Å². The average Bonchev–Trinajstić information content (AvgIpc) is 3.46. The smallest absolute Gasteiger partial charge is 0.270 e. The predicted molar refractivity (Wildman–Crippen MR) is 187 cm³/mol. The van der Waals surface area contributed by atoms with Crippen LogP contribution in [0.3, 0.4) is 0 Å². The van der Waals surface area contributed by atoms with Crippen molar-refractivity contribution in [2.45, 2.75) is 40.2 Å². The quantitative estimate of drug-likeness (QED) is 0.157. The molecule has 0 aliphatic carbocycles. The number of ether oxygens (including phenoxy) is 1. The second-order valence-electron chi connectivity index (χ2n) is 13.2. The van der Waals surface area contributed by atoms with Crippen molar-refractivity contribution >= 4 is 28.4 Å². The number of hydrogen-bond donors (Lipinski definition) is 0. The fourth-order valence-electron chi connectivity index (χ4n) is 6.27. The molecule has 2 amide bonds. The topological polar surface area (TPSA) is 70.9 Å². The molecule has 0 N–H and O–H groups in total. The molecule has 8 nitrogen and oxygen atoms in total. The molecule has 0 bridgehead atoms. The van der Waals surface area contributed by atoms with E-state index < -0.39 is 34.5 Å². The lowest BCUT2D eigenvalue weighted by molar-refractivity contribution is 0.0619. The van der Waals surface area contributed by atoms with Crippen molar-refractivity contribution in [3.05, 3.63) is 118 Å². The van der Waals surface area contributed by atoms with Gasteiger partial charge in [-0.25, -0.2) is 18.2 Å². The Hall–Kier alpha value is -5.16. The van der Waals surface area contributed by atoms with Crippen LogP contribution >= 0.6 is 0 Å². The normalized spacial score (nSPS) is 13.7. The molecule has 50 heavy (non-hydrogen) atoms. The number of nitrogens with zero attached hydrogens (tertiary/aromatic N) is 5. The first kappa shape index (κ1) is 34.7. The molecule has 1 saturated heterocycles. The van der Waals surface area contributed by atoms with Gasteiger partial charge in [0.15, 0.2) is 11.6 Å². The molecule has 1 aliphatic heterocycles. The number of aromatic nitrogens is 2. The highest BCUT2D eigenvalue weighted by molar-refractivity contribution is 6.06. The molecule has 1 aliphatic rings. The molecular weight excluding hydrogens is 643 g/mol. The maximum Gasteiger partial charge on any atom is 0.270 e. The van der Waals surface area contributed by atoms with E-state index in [1.54, 1.807) is 0 Å². The van der Waals surface area contributed by atoms with E-state index in [0.29, 0.717) is 36.5 Å². The summed E-state index contributed by atoms with van der Waals surface area (Å²) in [5, 5.41) is 0.873. The number of carbonyl (C=O) groups is 2. The maximum atomic E-state index is 14.4. The lowest BCUT2D eigenvalue weighted by Gasteiger charge is -2.34. The lowest BCUT2D eigenvalue weighted by Crippen LogP contribution is -2.48. The number of rotatable bonds is 8. The van der Waals surface area contributed by atoms with Crippen LogP contribution in [0.4, 0.5) is 18.9 Å². The molecule has 0 saturated carbocycles. The summed E-state index contributed by atoms with van der Waals surface area (Å²) < 4.78 is 50.6. The summed E-state index contributed by atoms with van der Waals surface area (Å²) >= 11 is 0. The zero-order valence-electron chi connectivity index (χ0n) is 29.1. The molecule has 0 radical (unpaired) electrons. The number of fused-ring (bicyclic) bond motifs is 1. The first-order chi connectivity index (χ1) is 23.8. The van der Waals surface area contributed by atoms with Gasteiger partial charge in [-0.3, -0.25) is 14.5 Å². The van der Waals surface area contributed by atoms with Crippen LogP contribution < -0.4 is 9.64 Å². The van der Waals surface area contributed by atoms with Gasteiger partial charge in [-0.1, -0.05) is 38.1 Å². The largest absolute Gasteiger partial charge is 0.439 e. The standard InChI is InChI=1S/C39H40F3N5O3/c1-23(2)27-9-7-26(8-10-27)22-46-15-17-47(18-16-46)39(49)33-20-29-24(3)34(13-12-32(29)45(33)6)50-35-14-11-28(21-43-35)44(5)38(48)30-19-31(40)25(4)36(41)37(30)42/h7-14,19-21,23H,15-18,22H2,1-6H3. The molecule has 11 heteroatoms. The zero-order chi connectivity index (χ0) is 35.9. The van der Waals surface area contributed by atoms with Crippen LogP contribution in [0.15, 0.2) is 66.9 Å². The second-order valence-corrected chi connectivity index (χ2v) is 13.2. The average molecular weight is 684 g/mol. The Labute approximate surface area is 289 Å². The summed E-state index contributed by atoms with van der Waals surface area (Å²) in [6.45, 7) is 11.1. The fourth-order valence-corrected chi connectivity index (χ4v) is 6.27. The second kappa shape index (κ2) is 14.0. The van der Waals surface area contributed by atoms with Crippen molar-refractivity contribution in [2.75, 3.05) is 38.1 Å². The van der Waals surface area contributed by atoms with Crippen molar-refractivity contribution in [1.82, 2.24) is 19.4 Å². The molecule has 0 atom stereocenters. The van der Waals surface area contributed by atoms with Gasteiger partial charge in [0, 0.05) is 74.9 Å². The van der Waals surface area contributed by atoms with E-state index >= 15 is 0 Å². The van der Waals surface area contributed by atoms with Crippen LogP contribution in [-0.2, 0) is 13.6 Å². The van der Waals surface area contributed by atoms with Crippen molar-refractivity contribution in [3.63, 3.8) is 0 Å². The zero-order valence-corrected chi connectivity index (χ0v) is 29.1. The number of pyridine rings is 1. The lowest BCUT2D eigenvalue weighted by atomic mass is 10.0. The Bertz CT molecular complexity index is 2070. The van der Waals surface area contributed by atoms with Crippen molar-refractivity contribution in [2.24, 2.45) is 7.05 Å². The number of amides is 2. The number of piperazine rings is 1. The first-order valence-electron chi connectivity index (χ1n) is 16.6. The highest BCUT2D eigenvalue weighted by atomic mass is 19.2. The number of halogens is 3. The minimum Gasteiger partial charge on any atom is -0.439 e. The highest BCUT2D eigenvalue weighted by Gasteiger charge is 2.26. The summed E-state index contributed by atoms with van der Waals surface area (Å²) in [5.74, 6) is -3.49. The van der Waals surface area contributed by atoms with E-state index in [1.165, 1.54) is 36.5 Å². The number of benzene rings is 3. The third-order valence-corrected chi connectivity index (χ3v) is 9.62. The first-order valence-corrected chi connectivity index (χ1v) is 16.6. The molecule has 3 heterocycles. The van der Waals surface area contributed by atoms with Gasteiger partial charge < -0.3 is 19.1 Å². The van der Waals surface area contributed by atoms with E-state index in [2.05, 4.69) is 48.0 Å². The van der Waals surface area contributed by atoms with Crippen LogP contribution in [0.2, 0.25) is 0 Å². The van der Waals surface area contributed by atoms with Crippen molar-refractivity contribution in [1.29, 1.82) is 0 Å². The summed E-state index contributed by atoms with van der Waals surface area (Å²) in [7, 11) is 3.24.